The summed E-state index contributed by atoms with van der Waals surface area (Å²) in [5, 5.41) is 2.58. The molecule has 1 heterocycles. The normalized spacial score (nSPS) is 11.4. The van der Waals surface area contributed by atoms with Crippen LogP contribution in [-0.2, 0) is 9.84 Å². The molecule has 0 fully saturated rings. The van der Waals surface area contributed by atoms with Crippen LogP contribution in [0.1, 0.15) is 5.56 Å². The summed E-state index contributed by atoms with van der Waals surface area (Å²) >= 11 is 0. The van der Waals surface area contributed by atoms with Crippen LogP contribution in [0.2, 0.25) is 0 Å². The number of hydrogen-bond acceptors (Lipinski definition) is 5. The van der Waals surface area contributed by atoms with Crippen molar-refractivity contribution in [2.24, 2.45) is 0 Å². The van der Waals surface area contributed by atoms with Crippen LogP contribution < -0.4 is 5.32 Å². The molecular weight excluding hydrogens is 410 g/mol. The van der Waals surface area contributed by atoms with Gasteiger partial charge in [-0.05, 0) is 67.6 Å². The van der Waals surface area contributed by atoms with Crippen LogP contribution >= 0.6 is 0 Å². The Balaban J connectivity index is 1.83. The second-order valence-corrected chi connectivity index (χ2v) is 8.47. The molecule has 0 unspecified atom stereocenters. The first-order valence-electron chi connectivity index (χ1n) is 8.94. The second kappa shape index (κ2) is 7.72. The summed E-state index contributed by atoms with van der Waals surface area (Å²) in [6, 6.07) is 17.0. The zero-order valence-electron chi connectivity index (χ0n) is 15.8. The number of rotatable bonds is 5. The van der Waals surface area contributed by atoms with E-state index in [1.807, 2.05) is 19.1 Å². The number of oxazole rings is 1. The van der Waals surface area contributed by atoms with Crippen LogP contribution in [0.25, 0.3) is 11.5 Å². The molecule has 30 heavy (non-hydrogen) atoms. The zero-order chi connectivity index (χ0) is 21.3. The number of aromatic nitrogens is 1. The number of hydrogen-bond donors (Lipinski definition) is 1. The van der Waals surface area contributed by atoms with Crippen molar-refractivity contribution < 1.29 is 21.6 Å². The maximum Gasteiger partial charge on any atom is 0.238 e. The number of sulfone groups is 1. The zero-order valence-corrected chi connectivity index (χ0v) is 16.6. The van der Waals surface area contributed by atoms with E-state index in [0.717, 1.165) is 29.8 Å². The third-order valence-corrected chi connectivity index (χ3v) is 6.05. The maximum absolute atomic E-state index is 13.3. The Bertz CT molecular complexity index is 1280. The Morgan fingerprint density at radius 2 is 1.40 bits per heavy atom. The molecule has 0 radical (unpaired) electrons. The lowest BCUT2D eigenvalue weighted by Gasteiger charge is -2.06. The highest BCUT2D eigenvalue weighted by Crippen LogP contribution is 2.34. The predicted octanol–water partition coefficient (Wildman–Crippen LogP) is 5.50. The first-order chi connectivity index (χ1) is 14.3. The summed E-state index contributed by atoms with van der Waals surface area (Å²) in [6.45, 7) is 1.93. The molecule has 152 valence electrons. The molecular formula is C22H16F2N2O3S. The van der Waals surface area contributed by atoms with Gasteiger partial charge in [-0.25, -0.2) is 17.2 Å². The quantitative estimate of drug-likeness (QED) is 0.427. The van der Waals surface area contributed by atoms with Gasteiger partial charge in [0.05, 0.1) is 4.90 Å². The summed E-state index contributed by atoms with van der Waals surface area (Å²) in [6.07, 6.45) is 0. The van der Waals surface area contributed by atoms with Crippen molar-refractivity contribution in [1.29, 1.82) is 0 Å². The standard InChI is InChI=1S/C22H16F2N2O3S/c1-14-2-10-18(11-3-14)25-21-22(30(27,28)19-12-8-17(24)9-13-19)26-20(29-21)15-4-6-16(23)7-5-15/h2-13,25H,1H3. The fraction of sp³-hybridized carbons (Fsp3) is 0.0455. The summed E-state index contributed by atoms with van der Waals surface area (Å²) in [5.41, 5.74) is 2.03. The van der Waals surface area contributed by atoms with Gasteiger partial charge in [0.1, 0.15) is 11.6 Å². The average Bonchev–Trinajstić information content (AvgIpc) is 3.15. The number of aryl methyl sites for hydroxylation is 1. The molecule has 0 amide bonds. The van der Waals surface area contributed by atoms with Gasteiger partial charge in [-0.3, -0.25) is 0 Å². The van der Waals surface area contributed by atoms with Crippen LogP contribution in [0.4, 0.5) is 20.4 Å². The minimum atomic E-state index is -4.12. The summed E-state index contributed by atoms with van der Waals surface area (Å²) in [5.74, 6) is -1.09. The molecule has 0 saturated carbocycles. The van der Waals surface area contributed by atoms with Gasteiger partial charge in [-0.1, -0.05) is 17.7 Å². The highest BCUT2D eigenvalue weighted by atomic mass is 32.2. The molecule has 0 spiro atoms. The monoisotopic (exact) mass is 426 g/mol. The molecule has 4 aromatic rings. The van der Waals surface area contributed by atoms with Crippen molar-refractivity contribution >= 4 is 21.4 Å². The molecule has 5 nitrogen and oxygen atoms in total. The number of nitrogens with one attached hydrogen (secondary N) is 1. The lowest BCUT2D eigenvalue weighted by molar-refractivity contribution is 0.581. The van der Waals surface area contributed by atoms with Crippen molar-refractivity contribution in [3.63, 3.8) is 0 Å². The molecule has 1 aromatic heterocycles. The molecule has 4 rings (SSSR count). The Kier molecular flexibility index (Phi) is 5.09. The minimum absolute atomic E-state index is 0.00491. The van der Waals surface area contributed by atoms with E-state index >= 15 is 0 Å². The van der Waals surface area contributed by atoms with Gasteiger partial charge < -0.3 is 9.73 Å². The van der Waals surface area contributed by atoms with Gasteiger partial charge in [0.2, 0.25) is 26.6 Å². The molecule has 0 saturated heterocycles. The van der Waals surface area contributed by atoms with E-state index in [9.17, 15) is 17.2 Å². The first-order valence-corrected chi connectivity index (χ1v) is 10.4. The van der Waals surface area contributed by atoms with E-state index < -0.39 is 21.5 Å². The van der Waals surface area contributed by atoms with Crippen molar-refractivity contribution in [3.8, 4) is 11.5 Å². The number of benzene rings is 3. The van der Waals surface area contributed by atoms with Crippen LogP contribution in [0.5, 0.6) is 0 Å². The smallest absolute Gasteiger partial charge is 0.238 e. The highest BCUT2D eigenvalue weighted by molar-refractivity contribution is 7.91. The highest BCUT2D eigenvalue weighted by Gasteiger charge is 2.29. The van der Waals surface area contributed by atoms with Crippen molar-refractivity contribution in [2.75, 3.05) is 5.32 Å². The fourth-order valence-corrected chi connectivity index (χ4v) is 4.03. The van der Waals surface area contributed by atoms with Crippen LogP contribution in [0.15, 0.2) is 87.1 Å². The Morgan fingerprint density at radius 3 is 2.00 bits per heavy atom. The van der Waals surface area contributed by atoms with Crippen LogP contribution in [0, 0.1) is 18.6 Å². The summed E-state index contributed by atoms with van der Waals surface area (Å²) in [4.78, 5) is 4.03. The maximum atomic E-state index is 13.3. The Labute approximate surface area is 171 Å². The molecule has 0 bridgehead atoms. The first kappa shape index (κ1) is 19.8. The lowest BCUT2D eigenvalue weighted by atomic mass is 10.2. The molecule has 0 aliphatic rings. The molecule has 0 atom stereocenters. The van der Waals surface area contributed by atoms with Gasteiger partial charge in [0.15, 0.2) is 0 Å². The van der Waals surface area contributed by atoms with Gasteiger partial charge in [0, 0.05) is 11.3 Å². The summed E-state index contributed by atoms with van der Waals surface area (Å²) < 4.78 is 58.6. The molecule has 8 heteroatoms. The van der Waals surface area contributed by atoms with E-state index in [1.165, 1.54) is 24.3 Å². The Morgan fingerprint density at radius 1 is 0.833 bits per heavy atom. The largest absolute Gasteiger partial charge is 0.419 e. The van der Waals surface area contributed by atoms with Crippen LogP contribution in [-0.4, -0.2) is 13.4 Å². The van der Waals surface area contributed by atoms with Gasteiger partial charge in [-0.15, -0.1) is 0 Å². The third kappa shape index (κ3) is 3.95. The Hall–Kier alpha value is -3.52. The average molecular weight is 426 g/mol. The SMILES string of the molecule is Cc1ccc(Nc2oc(-c3ccc(F)cc3)nc2S(=O)(=O)c2ccc(F)cc2)cc1. The van der Waals surface area contributed by atoms with Crippen molar-refractivity contribution in [2.45, 2.75) is 16.8 Å². The fourth-order valence-electron chi connectivity index (χ4n) is 2.78. The van der Waals surface area contributed by atoms with E-state index in [2.05, 4.69) is 10.3 Å². The topological polar surface area (TPSA) is 72.2 Å². The lowest BCUT2D eigenvalue weighted by Crippen LogP contribution is -2.05. The van der Waals surface area contributed by atoms with E-state index in [1.54, 1.807) is 12.1 Å². The minimum Gasteiger partial charge on any atom is -0.419 e. The molecule has 3 aromatic carbocycles. The number of nitrogens with zero attached hydrogens (tertiary/aromatic N) is 1. The third-order valence-electron chi connectivity index (χ3n) is 4.38. The van der Waals surface area contributed by atoms with E-state index in [4.69, 9.17) is 4.42 Å². The van der Waals surface area contributed by atoms with Gasteiger partial charge in [0.25, 0.3) is 0 Å². The molecule has 1 N–H and O–H groups in total. The molecule has 0 aliphatic carbocycles. The number of anilines is 2. The van der Waals surface area contributed by atoms with Crippen LogP contribution in [0.3, 0.4) is 0 Å². The van der Waals surface area contributed by atoms with Crippen molar-refractivity contribution in [3.05, 3.63) is 90.0 Å². The van der Waals surface area contributed by atoms with Crippen molar-refractivity contribution in [1.82, 2.24) is 4.98 Å². The second-order valence-electron chi connectivity index (χ2n) is 6.61. The van der Waals surface area contributed by atoms with Gasteiger partial charge in [-0.2, -0.15) is 4.98 Å². The number of halogens is 2. The molecule has 0 aliphatic heterocycles. The van der Waals surface area contributed by atoms with Gasteiger partial charge >= 0.3 is 0 Å². The predicted molar refractivity (Wildman–Crippen MR) is 108 cm³/mol. The van der Waals surface area contributed by atoms with E-state index in [0.29, 0.717) is 11.3 Å². The summed E-state index contributed by atoms with van der Waals surface area (Å²) in [7, 11) is -4.12. The van der Waals surface area contributed by atoms with E-state index in [-0.39, 0.29) is 21.7 Å².